The van der Waals surface area contributed by atoms with Crippen molar-refractivity contribution in [2.45, 2.75) is 432 Å². The second kappa shape index (κ2) is 65.0. The largest absolute Gasteiger partial charge is 0.0654 e. The zero-order valence-electron chi connectivity index (χ0n) is 48.8. The van der Waals surface area contributed by atoms with Crippen molar-refractivity contribution in [2.24, 2.45) is 5.92 Å². The number of hydrogen-bond donors (Lipinski definition) is 0. The van der Waals surface area contributed by atoms with Gasteiger partial charge in [0, 0.05) is 0 Å². The van der Waals surface area contributed by atoms with E-state index < -0.39 is 0 Å². The Morgan fingerprint density at radius 3 is 0.309 bits per heavy atom. The van der Waals surface area contributed by atoms with Crippen molar-refractivity contribution < 1.29 is 0 Å². The van der Waals surface area contributed by atoms with Gasteiger partial charge in [-0.1, -0.05) is 432 Å². The highest BCUT2D eigenvalue weighted by molar-refractivity contribution is 4.56. The quantitative estimate of drug-likeness (QED) is 0.0533. The van der Waals surface area contributed by atoms with E-state index in [9.17, 15) is 0 Å². The molecule has 0 aromatic carbocycles. The Hall–Kier alpha value is 0. The molecule has 0 bridgehead atoms. The molecule has 0 saturated carbocycles. The molecule has 0 saturated heterocycles. The molecule has 0 aliphatic carbocycles. The Labute approximate surface area is 435 Å². The van der Waals surface area contributed by atoms with Gasteiger partial charge in [0.1, 0.15) is 0 Å². The maximum absolute atomic E-state index is 2.36. The zero-order valence-corrected chi connectivity index (χ0v) is 48.8. The number of rotatable bonds is 64. The number of hydrogen-bond acceptors (Lipinski definition) is 0. The second-order valence-electron chi connectivity index (χ2n) is 24.1. The Bertz CT molecular complexity index is 811. The van der Waals surface area contributed by atoms with Crippen LogP contribution in [0.2, 0.25) is 0 Å². The van der Waals surface area contributed by atoms with E-state index in [1.54, 1.807) is 0 Å². The second-order valence-corrected chi connectivity index (χ2v) is 24.1. The molecule has 0 atom stereocenters. The van der Waals surface area contributed by atoms with Crippen LogP contribution in [0.3, 0.4) is 0 Å². The zero-order chi connectivity index (χ0) is 48.8. The Morgan fingerprint density at radius 2 is 0.221 bits per heavy atom. The molecule has 0 aromatic rings. The average molecular weight is 956 g/mol. The first-order chi connectivity index (χ1) is 33.8. The lowest BCUT2D eigenvalue weighted by Crippen LogP contribution is -1.87. The molecule has 0 aliphatic rings. The third-order valence-electron chi connectivity index (χ3n) is 16.4. The van der Waals surface area contributed by atoms with Crippen molar-refractivity contribution in [3.05, 3.63) is 0 Å². The van der Waals surface area contributed by atoms with E-state index in [1.807, 2.05) is 0 Å². The van der Waals surface area contributed by atoms with Crippen molar-refractivity contribution in [3.8, 4) is 0 Å². The van der Waals surface area contributed by atoms with Crippen LogP contribution >= 0.6 is 0 Å². The van der Waals surface area contributed by atoms with Gasteiger partial charge in [0.15, 0.2) is 0 Å². The van der Waals surface area contributed by atoms with Crippen LogP contribution in [0.1, 0.15) is 432 Å². The van der Waals surface area contributed by atoms with Crippen LogP contribution in [0.5, 0.6) is 0 Å². The fourth-order valence-electron chi connectivity index (χ4n) is 11.4. The van der Waals surface area contributed by atoms with E-state index in [4.69, 9.17) is 0 Å². The summed E-state index contributed by atoms with van der Waals surface area (Å²) in [4.78, 5) is 0. The van der Waals surface area contributed by atoms with Gasteiger partial charge in [-0.05, 0) is 5.92 Å². The molecule has 0 amide bonds. The van der Waals surface area contributed by atoms with Gasteiger partial charge in [-0.25, -0.2) is 0 Å². The monoisotopic (exact) mass is 955 g/mol. The van der Waals surface area contributed by atoms with E-state index in [2.05, 4.69) is 20.8 Å². The lowest BCUT2D eigenvalue weighted by molar-refractivity contribution is 0.500. The molecule has 0 heteroatoms. The molecule has 0 fully saturated rings. The number of unbranched alkanes of at least 4 members (excludes halogenated alkanes) is 62. The summed E-state index contributed by atoms with van der Waals surface area (Å²) in [7, 11) is 0. The molecule has 0 heterocycles. The van der Waals surface area contributed by atoms with Crippen molar-refractivity contribution >= 4 is 0 Å². The van der Waals surface area contributed by atoms with Crippen LogP contribution in [-0.4, -0.2) is 0 Å². The van der Waals surface area contributed by atoms with Crippen LogP contribution < -0.4 is 0 Å². The summed E-state index contributed by atoms with van der Waals surface area (Å²) in [6, 6.07) is 0. The molecule has 0 rings (SSSR count). The van der Waals surface area contributed by atoms with E-state index >= 15 is 0 Å². The maximum atomic E-state index is 2.36. The normalized spacial score (nSPS) is 11.8. The first-order valence-corrected chi connectivity index (χ1v) is 33.8. The first kappa shape index (κ1) is 68.0. The molecule has 0 aromatic heterocycles. The van der Waals surface area contributed by atoms with Crippen LogP contribution in [0, 0.1) is 5.92 Å². The molecular formula is C68H138. The minimum atomic E-state index is 0.895. The molecule has 0 aliphatic heterocycles. The summed E-state index contributed by atoms with van der Waals surface area (Å²) < 4.78 is 0. The van der Waals surface area contributed by atoms with Gasteiger partial charge in [-0.2, -0.15) is 0 Å². The third kappa shape index (κ3) is 66.0. The van der Waals surface area contributed by atoms with E-state index in [0.717, 1.165) is 5.92 Å². The van der Waals surface area contributed by atoms with Crippen LogP contribution in [0.4, 0.5) is 0 Å². The highest BCUT2D eigenvalue weighted by Gasteiger charge is 2.01. The summed E-state index contributed by atoms with van der Waals surface area (Å²) in [6.45, 7) is 7.03. The summed E-state index contributed by atoms with van der Waals surface area (Å²) in [5.74, 6) is 0.895. The molecule has 0 radical (unpaired) electrons. The van der Waals surface area contributed by atoms with E-state index in [0.29, 0.717) is 0 Å². The Morgan fingerprint density at radius 1 is 0.132 bits per heavy atom. The summed E-state index contributed by atoms with van der Waals surface area (Å²) in [5, 5.41) is 0. The van der Waals surface area contributed by atoms with E-state index in [1.165, 1.54) is 411 Å². The highest BCUT2D eigenvalue weighted by atomic mass is 14.1. The van der Waals surface area contributed by atoms with Crippen molar-refractivity contribution in [3.63, 3.8) is 0 Å². The molecule has 0 N–H and O–H groups in total. The minimum Gasteiger partial charge on any atom is -0.0654 e. The molecule has 0 nitrogen and oxygen atoms in total. The smallest absolute Gasteiger partial charge is 0.0471 e. The van der Waals surface area contributed by atoms with Crippen molar-refractivity contribution in [1.29, 1.82) is 0 Å². The van der Waals surface area contributed by atoms with Crippen LogP contribution in [0.15, 0.2) is 0 Å². The van der Waals surface area contributed by atoms with Gasteiger partial charge >= 0.3 is 0 Å². The van der Waals surface area contributed by atoms with Crippen molar-refractivity contribution in [1.82, 2.24) is 0 Å². The van der Waals surface area contributed by atoms with Gasteiger partial charge in [-0.15, -0.1) is 0 Å². The predicted molar refractivity (Wildman–Crippen MR) is 316 cm³/mol. The fourth-order valence-corrected chi connectivity index (χ4v) is 11.4. The molecular weight excluding hydrogens is 817 g/mol. The summed E-state index contributed by atoms with van der Waals surface area (Å²) in [6.07, 6.45) is 95.4. The summed E-state index contributed by atoms with van der Waals surface area (Å²) in [5.41, 5.74) is 0. The van der Waals surface area contributed by atoms with Gasteiger partial charge in [0.05, 0.1) is 0 Å². The molecule has 68 heavy (non-hydrogen) atoms. The molecule has 410 valence electrons. The third-order valence-corrected chi connectivity index (χ3v) is 16.4. The minimum absolute atomic E-state index is 0.895. The Kier molecular flexibility index (Phi) is 65.0. The van der Waals surface area contributed by atoms with Gasteiger partial charge in [-0.3, -0.25) is 0 Å². The fraction of sp³-hybridized carbons (Fsp3) is 1.00. The van der Waals surface area contributed by atoms with Gasteiger partial charge in [0.25, 0.3) is 0 Å². The summed E-state index contributed by atoms with van der Waals surface area (Å²) >= 11 is 0. The predicted octanol–water partition coefficient (Wildman–Crippen LogP) is 26.6. The van der Waals surface area contributed by atoms with Gasteiger partial charge in [0.2, 0.25) is 0 Å². The van der Waals surface area contributed by atoms with Crippen molar-refractivity contribution in [2.75, 3.05) is 0 Å². The standard InChI is InChI=1S/C68H138/c1-4-5-6-7-8-9-10-11-12-13-14-15-16-17-18-19-20-21-22-23-24-25-26-27-28-29-30-31-32-33-34-35-36-37-38-39-40-41-42-43-44-45-46-47-48-49-50-51-52-53-54-55-56-57-58-59-60-61-62-63-64-65-66-67-68(2)3/h68H,4-67H2,1-3H3. The molecule has 0 unspecified atom stereocenters. The lowest BCUT2D eigenvalue weighted by Gasteiger charge is -2.05. The van der Waals surface area contributed by atoms with Gasteiger partial charge < -0.3 is 0 Å². The average Bonchev–Trinajstić information content (AvgIpc) is 3.34. The van der Waals surface area contributed by atoms with Crippen LogP contribution in [0.25, 0.3) is 0 Å². The van der Waals surface area contributed by atoms with Crippen LogP contribution in [-0.2, 0) is 0 Å². The van der Waals surface area contributed by atoms with E-state index in [-0.39, 0.29) is 0 Å². The SMILES string of the molecule is CCCCCCCCCCCCCCCCCCCCCCCCCCCCCCCCCCCCCCCCCCCCCCCCCCCCCCCCCCCCCCCCCC(C)C. The molecule has 0 spiro atoms. The lowest BCUT2D eigenvalue weighted by atomic mass is 10.0. The first-order valence-electron chi connectivity index (χ1n) is 33.8. The highest BCUT2D eigenvalue weighted by Crippen LogP contribution is 2.20. The topological polar surface area (TPSA) is 0 Å². The maximum Gasteiger partial charge on any atom is -0.0471 e. The Balaban J connectivity index is 3.07.